The number of ether oxygens (including phenoxy) is 2. The summed E-state index contributed by atoms with van der Waals surface area (Å²) in [5.74, 6) is 2.15. The summed E-state index contributed by atoms with van der Waals surface area (Å²) in [5.41, 5.74) is 1.85. The number of hydrogen-bond donors (Lipinski definition) is 0. The van der Waals surface area contributed by atoms with Crippen LogP contribution in [0.25, 0.3) is 11.3 Å². The van der Waals surface area contributed by atoms with Gasteiger partial charge in [0.2, 0.25) is 0 Å². The molecule has 8 heteroatoms. The van der Waals surface area contributed by atoms with Crippen molar-refractivity contribution in [2.45, 2.75) is 20.0 Å². The normalized spacial score (nSPS) is 14.6. The predicted molar refractivity (Wildman–Crippen MR) is 129 cm³/mol. The number of aromatic nitrogens is 2. The van der Waals surface area contributed by atoms with Crippen LogP contribution in [0.2, 0.25) is 5.02 Å². The Morgan fingerprint density at radius 3 is 2.48 bits per heavy atom. The van der Waals surface area contributed by atoms with E-state index in [9.17, 15) is 4.79 Å². The number of benzene rings is 2. The minimum Gasteiger partial charge on any atom is -0.494 e. The molecule has 4 rings (SSSR count). The Morgan fingerprint density at radius 2 is 1.79 bits per heavy atom. The lowest BCUT2D eigenvalue weighted by Crippen LogP contribution is -2.52. The van der Waals surface area contributed by atoms with Gasteiger partial charge in [-0.15, -0.1) is 0 Å². The maximum Gasteiger partial charge on any atom is 0.263 e. The van der Waals surface area contributed by atoms with E-state index >= 15 is 0 Å². The number of hydrogen-bond acceptors (Lipinski definition) is 6. The van der Waals surface area contributed by atoms with E-state index in [1.54, 1.807) is 25.4 Å². The molecule has 7 nitrogen and oxygen atoms in total. The van der Waals surface area contributed by atoms with Crippen molar-refractivity contribution in [1.82, 2.24) is 14.9 Å². The first-order chi connectivity index (χ1) is 16.0. The highest BCUT2D eigenvalue weighted by Crippen LogP contribution is 2.26. The lowest BCUT2D eigenvalue weighted by atomic mass is 10.1. The Bertz CT molecular complexity index is 1090. The van der Waals surface area contributed by atoms with Gasteiger partial charge in [0.15, 0.2) is 6.10 Å². The minimum atomic E-state index is -0.609. The summed E-state index contributed by atoms with van der Waals surface area (Å²) in [6.45, 7) is 6.91. The van der Waals surface area contributed by atoms with Gasteiger partial charge in [-0.25, -0.2) is 9.97 Å². The van der Waals surface area contributed by atoms with Gasteiger partial charge in [-0.1, -0.05) is 23.7 Å². The second-order valence-electron chi connectivity index (χ2n) is 7.72. The first kappa shape index (κ1) is 22.9. The maximum atomic E-state index is 12.9. The van der Waals surface area contributed by atoms with Gasteiger partial charge in [0.25, 0.3) is 5.91 Å². The molecule has 1 amide bonds. The van der Waals surface area contributed by atoms with Crippen LogP contribution in [0.15, 0.2) is 60.9 Å². The summed E-state index contributed by atoms with van der Waals surface area (Å²) in [5, 5.41) is 0.495. The molecule has 0 radical (unpaired) electrons. The van der Waals surface area contributed by atoms with Crippen molar-refractivity contribution in [3.8, 4) is 22.8 Å². The number of halogens is 1. The fourth-order valence-electron chi connectivity index (χ4n) is 3.76. The van der Waals surface area contributed by atoms with E-state index in [0.29, 0.717) is 43.6 Å². The lowest BCUT2D eigenvalue weighted by Gasteiger charge is -2.36. The number of piperazine rings is 1. The quantitative estimate of drug-likeness (QED) is 0.516. The number of anilines is 1. The molecule has 0 spiro atoms. The number of amides is 1. The summed E-state index contributed by atoms with van der Waals surface area (Å²) in [4.78, 5) is 25.7. The molecule has 1 aliphatic heterocycles. The number of para-hydroxylation sites is 1. The molecule has 1 aliphatic rings. The number of carbonyl (C=O) groups is 1. The van der Waals surface area contributed by atoms with Crippen LogP contribution >= 0.6 is 11.6 Å². The standard InChI is InChI=1S/C25H27ClN4O3/c1-3-32-20-10-8-19(9-11-20)22-16-24(28-17-27-22)29-12-14-30(15-13-29)25(31)18(2)33-23-7-5-4-6-21(23)26/h4-11,16-18H,3,12-15H2,1-2H3. The second-order valence-corrected chi connectivity index (χ2v) is 8.13. The molecule has 1 unspecified atom stereocenters. The van der Waals surface area contributed by atoms with Crippen molar-refractivity contribution < 1.29 is 14.3 Å². The van der Waals surface area contributed by atoms with Crippen LogP contribution < -0.4 is 14.4 Å². The van der Waals surface area contributed by atoms with Gasteiger partial charge >= 0.3 is 0 Å². The molecule has 2 heterocycles. The van der Waals surface area contributed by atoms with E-state index in [2.05, 4.69) is 14.9 Å². The highest BCUT2D eigenvalue weighted by molar-refractivity contribution is 6.32. The summed E-state index contributed by atoms with van der Waals surface area (Å²) in [6.07, 6.45) is 0.972. The first-order valence-corrected chi connectivity index (χ1v) is 11.4. The van der Waals surface area contributed by atoms with Crippen molar-refractivity contribution >= 4 is 23.3 Å². The average Bonchev–Trinajstić information content (AvgIpc) is 2.86. The van der Waals surface area contributed by atoms with Gasteiger partial charge in [-0.05, 0) is 50.2 Å². The molecular weight excluding hydrogens is 440 g/mol. The Balaban J connectivity index is 1.36. The SMILES string of the molecule is CCOc1ccc(-c2cc(N3CCN(C(=O)C(C)Oc4ccccc4Cl)CC3)ncn2)cc1. The van der Waals surface area contributed by atoms with Gasteiger partial charge in [0.05, 0.1) is 17.3 Å². The Kier molecular flexibility index (Phi) is 7.29. The van der Waals surface area contributed by atoms with E-state index in [1.165, 1.54) is 0 Å². The molecule has 0 bridgehead atoms. The van der Waals surface area contributed by atoms with E-state index in [4.69, 9.17) is 21.1 Å². The van der Waals surface area contributed by atoms with E-state index in [1.807, 2.05) is 54.3 Å². The molecule has 1 fully saturated rings. The minimum absolute atomic E-state index is 0.0488. The molecule has 1 aromatic heterocycles. The lowest BCUT2D eigenvalue weighted by molar-refractivity contribution is -0.138. The van der Waals surface area contributed by atoms with Gasteiger partial charge in [-0.2, -0.15) is 0 Å². The predicted octanol–water partition coefficient (Wildman–Crippen LogP) is 4.31. The zero-order chi connectivity index (χ0) is 23.2. The maximum absolute atomic E-state index is 12.9. The van der Waals surface area contributed by atoms with Crippen molar-refractivity contribution in [3.05, 3.63) is 65.9 Å². The topological polar surface area (TPSA) is 67.8 Å². The largest absolute Gasteiger partial charge is 0.494 e. The van der Waals surface area contributed by atoms with Crippen LogP contribution in [0.1, 0.15) is 13.8 Å². The Hall–Kier alpha value is -3.32. The van der Waals surface area contributed by atoms with Crippen molar-refractivity contribution in [1.29, 1.82) is 0 Å². The van der Waals surface area contributed by atoms with E-state index < -0.39 is 6.10 Å². The molecule has 1 atom stereocenters. The summed E-state index contributed by atoms with van der Waals surface area (Å²) in [6, 6.07) is 17.0. The third-order valence-corrected chi connectivity index (χ3v) is 5.83. The Morgan fingerprint density at radius 1 is 1.06 bits per heavy atom. The van der Waals surface area contributed by atoms with E-state index in [0.717, 1.165) is 22.8 Å². The summed E-state index contributed by atoms with van der Waals surface area (Å²) < 4.78 is 11.3. The third-order valence-electron chi connectivity index (χ3n) is 5.52. The highest BCUT2D eigenvalue weighted by atomic mass is 35.5. The van der Waals surface area contributed by atoms with Crippen LogP contribution in [0.4, 0.5) is 5.82 Å². The molecule has 33 heavy (non-hydrogen) atoms. The molecular formula is C25H27ClN4O3. The molecule has 172 valence electrons. The van der Waals surface area contributed by atoms with E-state index in [-0.39, 0.29) is 5.91 Å². The van der Waals surface area contributed by atoms with Gasteiger partial charge in [0, 0.05) is 37.8 Å². The van der Waals surface area contributed by atoms with Gasteiger partial charge < -0.3 is 19.3 Å². The van der Waals surface area contributed by atoms with Gasteiger partial charge in [-0.3, -0.25) is 4.79 Å². The van der Waals surface area contributed by atoms with Crippen LogP contribution in [-0.4, -0.2) is 59.7 Å². The number of carbonyl (C=O) groups excluding carboxylic acids is 1. The van der Waals surface area contributed by atoms with Crippen LogP contribution in [0, 0.1) is 0 Å². The molecule has 0 saturated carbocycles. The smallest absolute Gasteiger partial charge is 0.263 e. The molecule has 1 saturated heterocycles. The number of nitrogens with zero attached hydrogens (tertiary/aromatic N) is 4. The number of rotatable bonds is 7. The summed E-state index contributed by atoms with van der Waals surface area (Å²) in [7, 11) is 0. The monoisotopic (exact) mass is 466 g/mol. The Labute approximate surface area is 198 Å². The van der Waals surface area contributed by atoms with Crippen molar-refractivity contribution in [2.75, 3.05) is 37.7 Å². The van der Waals surface area contributed by atoms with Crippen LogP contribution in [0.5, 0.6) is 11.5 Å². The van der Waals surface area contributed by atoms with Crippen LogP contribution in [0.3, 0.4) is 0 Å². The van der Waals surface area contributed by atoms with Gasteiger partial charge in [0.1, 0.15) is 23.6 Å². The molecule has 0 aliphatic carbocycles. The average molecular weight is 467 g/mol. The zero-order valence-electron chi connectivity index (χ0n) is 18.8. The fraction of sp³-hybridized carbons (Fsp3) is 0.320. The van der Waals surface area contributed by atoms with Crippen molar-refractivity contribution in [2.24, 2.45) is 0 Å². The first-order valence-electron chi connectivity index (χ1n) is 11.1. The fourth-order valence-corrected chi connectivity index (χ4v) is 3.94. The van der Waals surface area contributed by atoms with Crippen LogP contribution in [-0.2, 0) is 4.79 Å². The zero-order valence-corrected chi connectivity index (χ0v) is 19.5. The second kappa shape index (κ2) is 10.5. The summed E-state index contributed by atoms with van der Waals surface area (Å²) >= 11 is 6.15. The third kappa shape index (κ3) is 5.54. The molecule has 2 aromatic carbocycles. The van der Waals surface area contributed by atoms with Crippen molar-refractivity contribution in [3.63, 3.8) is 0 Å². The highest BCUT2D eigenvalue weighted by Gasteiger charge is 2.27. The molecule has 0 N–H and O–H groups in total. The molecule has 3 aromatic rings.